The summed E-state index contributed by atoms with van der Waals surface area (Å²) in [5.41, 5.74) is -1.17. The minimum atomic E-state index is -3.43. The van der Waals surface area contributed by atoms with E-state index in [1.54, 1.807) is 0 Å². The first-order valence-corrected chi connectivity index (χ1v) is 8.28. The van der Waals surface area contributed by atoms with Gasteiger partial charge in [-0.05, 0) is 13.3 Å². The number of sulfonamides is 1. The van der Waals surface area contributed by atoms with Crippen molar-refractivity contribution in [1.82, 2.24) is 4.72 Å². The van der Waals surface area contributed by atoms with Crippen molar-refractivity contribution in [3.05, 3.63) is 0 Å². The van der Waals surface area contributed by atoms with E-state index in [1.165, 1.54) is 19.8 Å². The van der Waals surface area contributed by atoms with Gasteiger partial charge in [0.05, 0.1) is 24.5 Å². The summed E-state index contributed by atoms with van der Waals surface area (Å²) in [7, 11) is -3.43. The molecule has 18 heavy (non-hydrogen) atoms. The molecule has 0 aromatic rings. The maximum absolute atomic E-state index is 11.7. The average Bonchev–Trinajstić information content (AvgIpc) is 2.33. The second-order valence-electron chi connectivity index (χ2n) is 5.07. The topological polar surface area (TPSA) is 86.6 Å². The fourth-order valence-electron chi connectivity index (χ4n) is 1.61. The Morgan fingerprint density at radius 3 is 2.00 bits per heavy atom. The standard InChI is InChI=1S/C12H27NO4S/c1-3-4-5-6-7-8-9-18(16,17)13-12(2,10-14)11-15/h13-15H,3-11H2,1-2H3. The van der Waals surface area contributed by atoms with Crippen molar-refractivity contribution in [2.75, 3.05) is 19.0 Å². The molecule has 0 aliphatic rings. The molecule has 0 aromatic carbocycles. The molecule has 6 heteroatoms. The molecule has 3 N–H and O–H groups in total. The summed E-state index contributed by atoms with van der Waals surface area (Å²) < 4.78 is 25.8. The Bertz CT molecular complexity index is 299. The minimum absolute atomic E-state index is 0.0503. The second kappa shape index (κ2) is 8.85. The molecule has 0 bridgehead atoms. The molecule has 0 atom stereocenters. The van der Waals surface area contributed by atoms with E-state index < -0.39 is 28.8 Å². The van der Waals surface area contributed by atoms with Gasteiger partial charge in [-0.1, -0.05) is 39.0 Å². The lowest BCUT2D eigenvalue weighted by molar-refractivity contribution is 0.121. The van der Waals surface area contributed by atoms with Crippen LogP contribution in [0.3, 0.4) is 0 Å². The first-order valence-electron chi connectivity index (χ1n) is 6.62. The van der Waals surface area contributed by atoms with Crippen LogP contribution in [-0.2, 0) is 10.0 Å². The van der Waals surface area contributed by atoms with Crippen molar-refractivity contribution in [2.45, 2.75) is 57.9 Å². The molecule has 5 nitrogen and oxygen atoms in total. The SMILES string of the molecule is CCCCCCCCS(=O)(=O)NC(C)(CO)CO. The molecular weight excluding hydrogens is 254 g/mol. The summed E-state index contributed by atoms with van der Waals surface area (Å²) >= 11 is 0. The number of aliphatic hydroxyl groups excluding tert-OH is 2. The Morgan fingerprint density at radius 1 is 1.00 bits per heavy atom. The van der Waals surface area contributed by atoms with Gasteiger partial charge in [-0.25, -0.2) is 13.1 Å². The quantitative estimate of drug-likeness (QED) is 0.493. The zero-order valence-corrected chi connectivity index (χ0v) is 12.3. The van der Waals surface area contributed by atoms with Crippen LogP contribution in [0, 0.1) is 0 Å². The molecule has 0 spiro atoms. The number of hydrogen-bond acceptors (Lipinski definition) is 4. The summed E-state index contributed by atoms with van der Waals surface area (Å²) in [5, 5.41) is 18.1. The van der Waals surface area contributed by atoms with E-state index in [2.05, 4.69) is 11.6 Å². The van der Waals surface area contributed by atoms with Gasteiger partial charge in [0.15, 0.2) is 0 Å². The Hall–Kier alpha value is -0.170. The van der Waals surface area contributed by atoms with Crippen LogP contribution in [0.25, 0.3) is 0 Å². The fourth-order valence-corrected chi connectivity index (χ4v) is 3.18. The normalized spacial score (nSPS) is 12.9. The van der Waals surface area contributed by atoms with Crippen molar-refractivity contribution in [3.63, 3.8) is 0 Å². The number of aliphatic hydroxyl groups is 2. The van der Waals surface area contributed by atoms with Crippen molar-refractivity contribution in [1.29, 1.82) is 0 Å². The zero-order chi connectivity index (χ0) is 14.1. The number of nitrogens with one attached hydrogen (secondary N) is 1. The smallest absolute Gasteiger partial charge is 0.212 e. The largest absolute Gasteiger partial charge is 0.394 e. The Balaban J connectivity index is 3.94. The highest BCUT2D eigenvalue weighted by Gasteiger charge is 2.27. The lowest BCUT2D eigenvalue weighted by Crippen LogP contribution is -2.52. The molecule has 0 aliphatic carbocycles. The third kappa shape index (κ3) is 8.02. The number of rotatable bonds is 11. The van der Waals surface area contributed by atoms with Crippen molar-refractivity contribution in [2.24, 2.45) is 0 Å². The average molecular weight is 281 g/mol. The lowest BCUT2D eigenvalue weighted by atomic mass is 10.1. The van der Waals surface area contributed by atoms with Gasteiger partial charge < -0.3 is 10.2 Å². The molecule has 0 amide bonds. The van der Waals surface area contributed by atoms with Gasteiger partial charge in [0.2, 0.25) is 10.0 Å². The summed E-state index contributed by atoms with van der Waals surface area (Å²) in [6, 6.07) is 0. The Kier molecular flexibility index (Phi) is 8.77. The highest BCUT2D eigenvalue weighted by atomic mass is 32.2. The monoisotopic (exact) mass is 281 g/mol. The van der Waals surface area contributed by atoms with Gasteiger partial charge >= 0.3 is 0 Å². The predicted octanol–water partition coefficient (Wildman–Crippen LogP) is 1.01. The summed E-state index contributed by atoms with van der Waals surface area (Å²) in [4.78, 5) is 0. The first kappa shape index (κ1) is 17.8. The molecule has 0 saturated heterocycles. The van der Waals surface area contributed by atoms with Gasteiger partial charge in [-0.2, -0.15) is 0 Å². The molecular formula is C12H27NO4S. The van der Waals surface area contributed by atoms with Crippen LogP contribution in [0.15, 0.2) is 0 Å². The molecule has 0 heterocycles. The van der Waals surface area contributed by atoms with Crippen LogP contribution in [-0.4, -0.2) is 43.1 Å². The van der Waals surface area contributed by atoms with Crippen LogP contribution in [0.2, 0.25) is 0 Å². The van der Waals surface area contributed by atoms with Crippen LogP contribution < -0.4 is 4.72 Å². The maximum Gasteiger partial charge on any atom is 0.212 e. The van der Waals surface area contributed by atoms with E-state index in [0.717, 1.165) is 19.3 Å². The van der Waals surface area contributed by atoms with Crippen LogP contribution in [0.1, 0.15) is 52.4 Å². The summed E-state index contributed by atoms with van der Waals surface area (Å²) in [5.74, 6) is 0.0503. The fraction of sp³-hybridized carbons (Fsp3) is 1.00. The second-order valence-corrected chi connectivity index (χ2v) is 6.91. The van der Waals surface area contributed by atoms with Gasteiger partial charge in [0.25, 0.3) is 0 Å². The minimum Gasteiger partial charge on any atom is -0.394 e. The molecule has 0 fully saturated rings. The zero-order valence-electron chi connectivity index (χ0n) is 11.5. The molecule has 0 saturated carbocycles. The first-order chi connectivity index (χ1) is 8.39. The highest BCUT2D eigenvalue weighted by molar-refractivity contribution is 7.89. The van der Waals surface area contributed by atoms with Crippen molar-refractivity contribution >= 4 is 10.0 Å². The van der Waals surface area contributed by atoms with E-state index in [4.69, 9.17) is 10.2 Å². The van der Waals surface area contributed by atoms with Crippen molar-refractivity contribution in [3.8, 4) is 0 Å². The van der Waals surface area contributed by atoms with E-state index in [-0.39, 0.29) is 5.75 Å². The Morgan fingerprint density at radius 2 is 1.50 bits per heavy atom. The molecule has 0 unspecified atom stereocenters. The molecule has 0 aliphatic heterocycles. The van der Waals surface area contributed by atoms with E-state index in [9.17, 15) is 8.42 Å². The summed E-state index contributed by atoms with van der Waals surface area (Å²) in [6.07, 6.45) is 6.08. The van der Waals surface area contributed by atoms with Gasteiger partial charge in [0, 0.05) is 0 Å². The van der Waals surface area contributed by atoms with Crippen LogP contribution in [0.5, 0.6) is 0 Å². The number of unbranched alkanes of at least 4 members (excludes halogenated alkanes) is 5. The van der Waals surface area contributed by atoms with Crippen LogP contribution in [0.4, 0.5) is 0 Å². The van der Waals surface area contributed by atoms with E-state index >= 15 is 0 Å². The lowest BCUT2D eigenvalue weighted by Gasteiger charge is -2.25. The van der Waals surface area contributed by atoms with Gasteiger partial charge in [-0.15, -0.1) is 0 Å². The van der Waals surface area contributed by atoms with Gasteiger partial charge in [0.1, 0.15) is 0 Å². The van der Waals surface area contributed by atoms with Crippen LogP contribution >= 0.6 is 0 Å². The third-order valence-corrected chi connectivity index (χ3v) is 4.50. The molecule has 0 rings (SSSR count). The molecule has 0 radical (unpaired) electrons. The maximum atomic E-state index is 11.7. The number of hydrogen-bond donors (Lipinski definition) is 3. The highest BCUT2D eigenvalue weighted by Crippen LogP contribution is 2.08. The molecule has 110 valence electrons. The van der Waals surface area contributed by atoms with E-state index in [0.29, 0.717) is 6.42 Å². The Labute approximate surface area is 111 Å². The summed E-state index contributed by atoms with van der Waals surface area (Å²) in [6.45, 7) is 2.78. The predicted molar refractivity (Wildman–Crippen MR) is 72.9 cm³/mol. The van der Waals surface area contributed by atoms with Crippen molar-refractivity contribution < 1.29 is 18.6 Å². The van der Waals surface area contributed by atoms with E-state index in [1.807, 2.05) is 0 Å². The van der Waals surface area contributed by atoms with Gasteiger partial charge in [-0.3, -0.25) is 0 Å². The third-order valence-electron chi connectivity index (χ3n) is 2.87. The molecule has 0 aromatic heterocycles.